The monoisotopic (exact) mass is 413 g/mol. The Labute approximate surface area is 175 Å². The third-order valence-electron chi connectivity index (χ3n) is 4.32. The van der Waals surface area contributed by atoms with E-state index in [0.717, 1.165) is 16.7 Å². The van der Waals surface area contributed by atoms with Crippen molar-refractivity contribution in [2.24, 2.45) is 0 Å². The lowest BCUT2D eigenvalue weighted by Crippen LogP contribution is -2.39. The van der Waals surface area contributed by atoms with Crippen molar-refractivity contribution in [2.75, 3.05) is 0 Å². The molecule has 0 spiro atoms. The molecule has 0 saturated carbocycles. The SMILES string of the molecule is CC(=O)NC(C)(C)c1ccc(-c2nc(-c3ccc(OC(C)C)c(Cl)c3)no2)cc1. The van der Waals surface area contributed by atoms with Crippen molar-refractivity contribution in [2.45, 2.75) is 46.3 Å². The number of nitrogens with zero attached hydrogens (tertiary/aromatic N) is 2. The fourth-order valence-electron chi connectivity index (χ4n) is 2.99. The van der Waals surface area contributed by atoms with Crippen LogP contribution in [0.25, 0.3) is 22.8 Å². The van der Waals surface area contributed by atoms with Crippen LogP contribution in [0.3, 0.4) is 0 Å². The van der Waals surface area contributed by atoms with Gasteiger partial charge < -0.3 is 14.6 Å². The van der Waals surface area contributed by atoms with Crippen LogP contribution in [0, 0.1) is 0 Å². The molecule has 1 N–H and O–H groups in total. The highest BCUT2D eigenvalue weighted by molar-refractivity contribution is 6.32. The van der Waals surface area contributed by atoms with Crippen molar-refractivity contribution in [3.05, 3.63) is 53.1 Å². The van der Waals surface area contributed by atoms with Gasteiger partial charge in [-0.15, -0.1) is 0 Å². The van der Waals surface area contributed by atoms with Gasteiger partial charge in [-0.25, -0.2) is 0 Å². The van der Waals surface area contributed by atoms with Crippen molar-refractivity contribution in [3.63, 3.8) is 0 Å². The average molecular weight is 414 g/mol. The summed E-state index contributed by atoms with van der Waals surface area (Å²) in [6.07, 6.45) is 0.0359. The standard InChI is InChI=1S/C22H24ClN3O3/c1-13(2)28-19-11-8-16(12-18(19)23)20-24-21(29-26-20)15-6-9-17(10-7-15)22(4,5)25-14(3)27/h6-13H,1-5H3,(H,25,27). The molecule has 0 aliphatic rings. The van der Waals surface area contributed by atoms with Gasteiger partial charge in [-0.1, -0.05) is 28.9 Å². The predicted octanol–water partition coefficient (Wildman–Crippen LogP) is 5.22. The lowest BCUT2D eigenvalue weighted by molar-refractivity contribution is -0.120. The molecule has 0 unspecified atom stereocenters. The van der Waals surface area contributed by atoms with E-state index in [4.69, 9.17) is 20.9 Å². The molecule has 152 valence electrons. The molecule has 0 aliphatic carbocycles. The lowest BCUT2D eigenvalue weighted by atomic mass is 9.93. The van der Waals surface area contributed by atoms with Crippen LogP contribution in [0.1, 0.15) is 40.2 Å². The Balaban J connectivity index is 1.81. The first-order valence-electron chi connectivity index (χ1n) is 9.35. The van der Waals surface area contributed by atoms with Crippen LogP contribution in [0.2, 0.25) is 5.02 Å². The molecule has 0 atom stereocenters. The Kier molecular flexibility index (Phi) is 5.94. The highest BCUT2D eigenvalue weighted by atomic mass is 35.5. The van der Waals surface area contributed by atoms with Gasteiger partial charge in [0, 0.05) is 18.1 Å². The number of halogens is 1. The third kappa shape index (κ3) is 4.95. The van der Waals surface area contributed by atoms with Gasteiger partial charge in [0.15, 0.2) is 0 Å². The number of hydrogen-bond donors (Lipinski definition) is 1. The molecule has 7 heteroatoms. The Morgan fingerprint density at radius 1 is 1.14 bits per heavy atom. The van der Waals surface area contributed by atoms with Gasteiger partial charge in [0.25, 0.3) is 5.89 Å². The van der Waals surface area contributed by atoms with Crippen molar-refractivity contribution in [1.82, 2.24) is 15.5 Å². The number of carbonyl (C=O) groups is 1. The van der Waals surface area contributed by atoms with E-state index in [1.807, 2.05) is 58.0 Å². The number of nitrogens with one attached hydrogen (secondary N) is 1. The quantitative estimate of drug-likeness (QED) is 0.599. The zero-order valence-electron chi connectivity index (χ0n) is 17.1. The van der Waals surface area contributed by atoms with E-state index < -0.39 is 5.54 Å². The zero-order valence-corrected chi connectivity index (χ0v) is 17.9. The fraction of sp³-hybridized carbons (Fsp3) is 0.318. The number of amides is 1. The van der Waals surface area contributed by atoms with Crippen LogP contribution in [0.4, 0.5) is 0 Å². The van der Waals surface area contributed by atoms with Crippen molar-refractivity contribution >= 4 is 17.5 Å². The van der Waals surface area contributed by atoms with Crippen molar-refractivity contribution in [3.8, 4) is 28.6 Å². The van der Waals surface area contributed by atoms with Crippen LogP contribution in [0.15, 0.2) is 47.0 Å². The summed E-state index contributed by atoms with van der Waals surface area (Å²) >= 11 is 6.30. The predicted molar refractivity (Wildman–Crippen MR) is 113 cm³/mol. The minimum Gasteiger partial charge on any atom is -0.489 e. The normalized spacial score (nSPS) is 11.6. The smallest absolute Gasteiger partial charge is 0.258 e. The van der Waals surface area contributed by atoms with Crippen LogP contribution in [-0.4, -0.2) is 22.2 Å². The van der Waals surface area contributed by atoms with E-state index in [9.17, 15) is 4.79 Å². The summed E-state index contributed by atoms with van der Waals surface area (Å²) in [6.45, 7) is 9.29. The van der Waals surface area contributed by atoms with Gasteiger partial charge in [-0.05, 0) is 63.6 Å². The first-order chi connectivity index (χ1) is 13.7. The second kappa shape index (κ2) is 8.25. The number of aromatic nitrogens is 2. The Hall–Kier alpha value is -2.86. The molecule has 29 heavy (non-hydrogen) atoms. The second-order valence-electron chi connectivity index (χ2n) is 7.62. The molecule has 0 aliphatic heterocycles. The van der Waals surface area contributed by atoms with E-state index >= 15 is 0 Å². The van der Waals surface area contributed by atoms with E-state index in [-0.39, 0.29) is 12.0 Å². The van der Waals surface area contributed by atoms with Gasteiger partial charge in [0.05, 0.1) is 16.7 Å². The maximum atomic E-state index is 11.4. The number of hydrogen-bond acceptors (Lipinski definition) is 5. The zero-order chi connectivity index (χ0) is 21.2. The fourth-order valence-corrected chi connectivity index (χ4v) is 3.21. The van der Waals surface area contributed by atoms with Crippen molar-refractivity contribution in [1.29, 1.82) is 0 Å². The summed E-state index contributed by atoms with van der Waals surface area (Å²) in [5.41, 5.74) is 2.03. The first-order valence-corrected chi connectivity index (χ1v) is 9.73. The van der Waals surface area contributed by atoms with Crippen LogP contribution in [-0.2, 0) is 10.3 Å². The minimum atomic E-state index is -0.471. The molecule has 0 fully saturated rings. The number of ether oxygens (including phenoxy) is 1. The van der Waals surface area contributed by atoms with E-state index in [0.29, 0.717) is 22.5 Å². The Morgan fingerprint density at radius 3 is 2.38 bits per heavy atom. The number of benzene rings is 2. The third-order valence-corrected chi connectivity index (χ3v) is 4.62. The molecule has 0 bridgehead atoms. The van der Waals surface area contributed by atoms with E-state index in [2.05, 4.69) is 15.5 Å². The Morgan fingerprint density at radius 2 is 1.79 bits per heavy atom. The van der Waals surface area contributed by atoms with Gasteiger partial charge >= 0.3 is 0 Å². The second-order valence-corrected chi connectivity index (χ2v) is 8.03. The number of rotatable bonds is 6. The molecule has 3 aromatic rings. The maximum Gasteiger partial charge on any atom is 0.258 e. The summed E-state index contributed by atoms with van der Waals surface area (Å²) in [5.74, 6) is 1.39. The molecule has 1 heterocycles. The van der Waals surface area contributed by atoms with Gasteiger partial charge in [0.1, 0.15) is 5.75 Å². The Bertz CT molecular complexity index is 1010. The average Bonchev–Trinajstić information content (AvgIpc) is 3.12. The lowest BCUT2D eigenvalue weighted by Gasteiger charge is -2.26. The molecule has 6 nitrogen and oxygen atoms in total. The first kappa shape index (κ1) is 20.9. The van der Waals surface area contributed by atoms with Crippen LogP contribution < -0.4 is 10.1 Å². The van der Waals surface area contributed by atoms with Crippen LogP contribution >= 0.6 is 11.6 Å². The molecule has 3 rings (SSSR count). The molecule has 1 amide bonds. The highest BCUT2D eigenvalue weighted by Crippen LogP contribution is 2.31. The summed E-state index contributed by atoms with van der Waals surface area (Å²) in [4.78, 5) is 15.9. The molecule has 0 saturated heterocycles. The molecule has 2 aromatic carbocycles. The summed E-state index contributed by atoms with van der Waals surface area (Å²) in [6, 6.07) is 13.1. The van der Waals surface area contributed by atoms with E-state index in [1.165, 1.54) is 6.92 Å². The van der Waals surface area contributed by atoms with Gasteiger partial charge in [-0.2, -0.15) is 4.98 Å². The minimum absolute atomic E-state index is 0.0359. The van der Waals surface area contributed by atoms with E-state index in [1.54, 1.807) is 12.1 Å². The highest BCUT2D eigenvalue weighted by Gasteiger charge is 2.21. The summed E-state index contributed by atoms with van der Waals surface area (Å²) in [5, 5.41) is 7.48. The number of carbonyl (C=O) groups excluding carboxylic acids is 1. The maximum absolute atomic E-state index is 11.4. The van der Waals surface area contributed by atoms with Gasteiger partial charge in [0.2, 0.25) is 11.7 Å². The summed E-state index contributed by atoms with van der Waals surface area (Å²) < 4.78 is 11.1. The molecular formula is C22H24ClN3O3. The van der Waals surface area contributed by atoms with Gasteiger partial charge in [-0.3, -0.25) is 4.79 Å². The van der Waals surface area contributed by atoms with Crippen LogP contribution in [0.5, 0.6) is 5.75 Å². The summed E-state index contributed by atoms with van der Waals surface area (Å²) in [7, 11) is 0. The molecule has 1 aromatic heterocycles. The topological polar surface area (TPSA) is 77.2 Å². The molecular weight excluding hydrogens is 390 g/mol. The van der Waals surface area contributed by atoms with Crippen molar-refractivity contribution < 1.29 is 14.1 Å². The largest absolute Gasteiger partial charge is 0.489 e. The molecule has 0 radical (unpaired) electrons.